The summed E-state index contributed by atoms with van der Waals surface area (Å²) in [6.45, 7) is 1.61. The molecule has 0 amide bonds. The van der Waals surface area contributed by atoms with E-state index < -0.39 is 4.92 Å². The zero-order chi connectivity index (χ0) is 14.9. The van der Waals surface area contributed by atoms with Gasteiger partial charge < -0.3 is 10.3 Å². The molecule has 0 aromatic carbocycles. The predicted octanol–water partition coefficient (Wildman–Crippen LogP) is 1.83. The van der Waals surface area contributed by atoms with Crippen LogP contribution in [0.4, 0.5) is 17.3 Å². The highest BCUT2D eigenvalue weighted by Crippen LogP contribution is 2.47. The minimum absolute atomic E-state index is 0.0613. The molecule has 2 fully saturated rings. The summed E-state index contributed by atoms with van der Waals surface area (Å²) in [4.78, 5) is 20.8. The van der Waals surface area contributed by atoms with E-state index in [4.69, 9.17) is 5.84 Å². The lowest BCUT2D eigenvalue weighted by Crippen LogP contribution is -2.39. The van der Waals surface area contributed by atoms with Crippen molar-refractivity contribution >= 4 is 17.3 Å². The van der Waals surface area contributed by atoms with Crippen LogP contribution in [-0.2, 0) is 0 Å². The molecule has 3 N–H and O–H groups in total. The molecule has 21 heavy (non-hydrogen) atoms. The Labute approximate surface area is 122 Å². The van der Waals surface area contributed by atoms with Crippen molar-refractivity contribution in [3.63, 3.8) is 0 Å². The Morgan fingerprint density at radius 1 is 1.24 bits per heavy atom. The molecule has 1 spiro atoms. The van der Waals surface area contributed by atoms with Crippen molar-refractivity contribution in [3.8, 4) is 0 Å². The zero-order valence-corrected chi connectivity index (χ0v) is 11.9. The van der Waals surface area contributed by atoms with Gasteiger partial charge in [-0.3, -0.25) is 10.1 Å². The number of hydrazine groups is 1. The van der Waals surface area contributed by atoms with Gasteiger partial charge in [-0.2, -0.15) is 0 Å². The van der Waals surface area contributed by atoms with Gasteiger partial charge in [-0.25, -0.2) is 15.8 Å². The van der Waals surface area contributed by atoms with Gasteiger partial charge in [-0.1, -0.05) is 12.8 Å². The number of anilines is 2. The second-order valence-corrected chi connectivity index (χ2v) is 5.99. The molecule has 1 saturated carbocycles. The SMILES string of the molecule is NNc1ncnc(N2CCC3(CCCC3)CC2)c1[N+](=O)[O-]. The van der Waals surface area contributed by atoms with Crippen molar-refractivity contribution < 1.29 is 4.92 Å². The van der Waals surface area contributed by atoms with Gasteiger partial charge in [-0.15, -0.1) is 0 Å². The van der Waals surface area contributed by atoms with Gasteiger partial charge in [0.15, 0.2) is 0 Å². The Hall–Kier alpha value is -1.96. The summed E-state index contributed by atoms with van der Waals surface area (Å²) >= 11 is 0. The third-order valence-electron chi connectivity index (χ3n) is 4.91. The van der Waals surface area contributed by atoms with Crippen LogP contribution in [0.1, 0.15) is 38.5 Å². The van der Waals surface area contributed by atoms with Crippen LogP contribution in [0, 0.1) is 15.5 Å². The van der Waals surface area contributed by atoms with Crippen LogP contribution >= 0.6 is 0 Å². The van der Waals surface area contributed by atoms with E-state index in [1.165, 1.54) is 32.0 Å². The average Bonchev–Trinajstić information content (AvgIpc) is 2.95. The molecule has 2 aliphatic rings. The summed E-state index contributed by atoms with van der Waals surface area (Å²) in [5.41, 5.74) is 2.61. The summed E-state index contributed by atoms with van der Waals surface area (Å²) in [5, 5.41) is 11.3. The van der Waals surface area contributed by atoms with Gasteiger partial charge in [0.05, 0.1) is 4.92 Å². The number of hydrogen-bond acceptors (Lipinski definition) is 7. The fourth-order valence-electron chi connectivity index (χ4n) is 3.69. The molecule has 1 aliphatic carbocycles. The molecule has 8 heteroatoms. The third-order valence-corrected chi connectivity index (χ3v) is 4.91. The van der Waals surface area contributed by atoms with Crippen LogP contribution < -0.4 is 16.2 Å². The van der Waals surface area contributed by atoms with Crippen molar-refractivity contribution in [1.29, 1.82) is 0 Å². The first-order valence-electron chi connectivity index (χ1n) is 7.36. The summed E-state index contributed by atoms with van der Waals surface area (Å²) in [6.07, 6.45) is 8.70. The highest BCUT2D eigenvalue weighted by molar-refractivity contribution is 5.70. The monoisotopic (exact) mass is 292 g/mol. The average molecular weight is 292 g/mol. The number of aromatic nitrogens is 2. The maximum Gasteiger partial charge on any atom is 0.354 e. The van der Waals surface area contributed by atoms with Crippen molar-refractivity contribution in [3.05, 3.63) is 16.4 Å². The van der Waals surface area contributed by atoms with Gasteiger partial charge in [0.2, 0.25) is 11.6 Å². The van der Waals surface area contributed by atoms with E-state index in [9.17, 15) is 10.1 Å². The second-order valence-electron chi connectivity index (χ2n) is 5.99. The Balaban J connectivity index is 1.83. The topological polar surface area (TPSA) is 110 Å². The highest BCUT2D eigenvalue weighted by atomic mass is 16.6. The molecule has 0 unspecified atom stereocenters. The number of nitrogens with one attached hydrogen (secondary N) is 1. The van der Waals surface area contributed by atoms with Crippen LogP contribution in [0.15, 0.2) is 6.33 Å². The van der Waals surface area contributed by atoms with Crippen LogP contribution in [0.25, 0.3) is 0 Å². The largest absolute Gasteiger partial charge is 0.354 e. The summed E-state index contributed by atoms with van der Waals surface area (Å²) in [6, 6.07) is 0. The van der Waals surface area contributed by atoms with Gasteiger partial charge in [-0.05, 0) is 31.1 Å². The minimum atomic E-state index is -0.468. The Morgan fingerprint density at radius 2 is 1.90 bits per heavy atom. The Kier molecular flexibility index (Phi) is 3.62. The molecule has 1 aromatic rings. The van der Waals surface area contributed by atoms with Crippen LogP contribution in [0.2, 0.25) is 0 Å². The lowest BCUT2D eigenvalue weighted by atomic mass is 9.77. The van der Waals surface area contributed by atoms with E-state index in [0.717, 1.165) is 25.9 Å². The fraction of sp³-hybridized carbons (Fsp3) is 0.692. The Morgan fingerprint density at radius 3 is 2.48 bits per heavy atom. The van der Waals surface area contributed by atoms with E-state index in [0.29, 0.717) is 11.2 Å². The van der Waals surface area contributed by atoms with Gasteiger partial charge in [0.25, 0.3) is 0 Å². The number of nitrogen functional groups attached to an aromatic ring is 1. The minimum Gasteiger partial charge on any atom is -0.351 e. The quantitative estimate of drug-likeness (QED) is 0.496. The van der Waals surface area contributed by atoms with Gasteiger partial charge in [0.1, 0.15) is 6.33 Å². The van der Waals surface area contributed by atoms with E-state index in [1.54, 1.807) is 0 Å². The molecule has 114 valence electrons. The normalized spacial score (nSPS) is 20.7. The number of hydrogen-bond donors (Lipinski definition) is 2. The third kappa shape index (κ3) is 2.51. The maximum atomic E-state index is 11.3. The first-order chi connectivity index (χ1) is 10.2. The predicted molar refractivity (Wildman–Crippen MR) is 78.8 cm³/mol. The van der Waals surface area contributed by atoms with E-state index in [-0.39, 0.29) is 11.5 Å². The summed E-state index contributed by atoms with van der Waals surface area (Å²) in [5.74, 6) is 5.75. The number of nitrogens with two attached hydrogens (primary N) is 1. The van der Waals surface area contributed by atoms with Gasteiger partial charge >= 0.3 is 5.69 Å². The van der Waals surface area contributed by atoms with Crippen LogP contribution in [0.5, 0.6) is 0 Å². The smallest absolute Gasteiger partial charge is 0.351 e. The van der Waals surface area contributed by atoms with Crippen LogP contribution in [-0.4, -0.2) is 28.0 Å². The summed E-state index contributed by atoms with van der Waals surface area (Å²) in [7, 11) is 0. The highest BCUT2D eigenvalue weighted by Gasteiger charge is 2.39. The molecule has 3 rings (SSSR count). The van der Waals surface area contributed by atoms with Gasteiger partial charge in [0, 0.05) is 13.1 Å². The molecular weight excluding hydrogens is 272 g/mol. The van der Waals surface area contributed by atoms with Crippen molar-refractivity contribution in [2.24, 2.45) is 11.3 Å². The molecule has 8 nitrogen and oxygen atoms in total. The second kappa shape index (κ2) is 5.44. The molecule has 2 heterocycles. The summed E-state index contributed by atoms with van der Waals surface area (Å²) < 4.78 is 0. The lowest BCUT2D eigenvalue weighted by molar-refractivity contribution is -0.383. The van der Waals surface area contributed by atoms with E-state index in [2.05, 4.69) is 15.4 Å². The van der Waals surface area contributed by atoms with Crippen LogP contribution in [0.3, 0.4) is 0 Å². The molecular formula is C13H20N6O2. The standard InChI is InChI=1S/C13H20N6O2/c14-17-11-10(19(20)21)12(16-9-15-11)18-7-5-13(6-8-18)3-1-2-4-13/h9H,1-8,14H2,(H,15,16,17). The molecule has 1 aliphatic heterocycles. The fourth-order valence-corrected chi connectivity index (χ4v) is 3.69. The lowest BCUT2D eigenvalue weighted by Gasteiger charge is -2.39. The van der Waals surface area contributed by atoms with E-state index in [1.807, 2.05) is 4.90 Å². The first-order valence-corrected chi connectivity index (χ1v) is 7.36. The molecule has 0 atom stereocenters. The zero-order valence-electron chi connectivity index (χ0n) is 11.9. The van der Waals surface area contributed by atoms with Crippen molar-refractivity contribution in [2.75, 3.05) is 23.4 Å². The number of piperidine rings is 1. The van der Waals surface area contributed by atoms with Crippen molar-refractivity contribution in [2.45, 2.75) is 38.5 Å². The van der Waals surface area contributed by atoms with Crippen molar-refractivity contribution in [1.82, 2.24) is 9.97 Å². The maximum absolute atomic E-state index is 11.3. The van der Waals surface area contributed by atoms with E-state index >= 15 is 0 Å². The molecule has 0 radical (unpaired) electrons. The first kappa shape index (κ1) is 14.0. The number of rotatable bonds is 3. The number of nitrogens with zero attached hydrogens (tertiary/aromatic N) is 4. The molecule has 0 bridgehead atoms. The Bertz CT molecular complexity index is 533. The molecule has 1 aromatic heterocycles. The molecule has 1 saturated heterocycles. The number of nitro groups is 1.